The van der Waals surface area contributed by atoms with Crippen LogP contribution >= 0.6 is 0 Å². The fourth-order valence-electron chi connectivity index (χ4n) is 5.49. The minimum atomic E-state index is 0.0804. The number of pyridine rings is 1. The molecule has 0 radical (unpaired) electrons. The number of nitriles is 1. The van der Waals surface area contributed by atoms with Crippen LogP contribution in [0, 0.1) is 11.3 Å². The van der Waals surface area contributed by atoms with E-state index in [0.29, 0.717) is 31.1 Å². The molecule has 8 heteroatoms. The van der Waals surface area contributed by atoms with E-state index >= 15 is 0 Å². The molecule has 2 aromatic heterocycles. The van der Waals surface area contributed by atoms with Crippen LogP contribution in [0.4, 0.5) is 4.79 Å². The van der Waals surface area contributed by atoms with Crippen LogP contribution in [0.2, 0.25) is 0 Å². The summed E-state index contributed by atoms with van der Waals surface area (Å²) in [6.07, 6.45) is 10.8. The van der Waals surface area contributed by atoms with Crippen molar-refractivity contribution in [2.45, 2.75) is 38.2 Å². The van der Waals surface area contributed by atoms with Crippen molar-refractivity contribution in [2.75, 3.05) is 39.4 Å². The van der Waals surface area contributed by atoms with Gasteiger partial charge in [-0.25, -0.2) is 9.78 Å². The summed E-state index contributed by atoms with van der Waals surface area (Å²) in [5.74, 6) is 0.622. The predicted octanol–water partition coefficient (Wildman–Crippen LogP) is 4.96. The Labute approximate surface area is 216 Å². The van der Waals surface area contributed by atoms with Crippen LogP contribution in [0.25, 0.3) is 27.7 Å². The lowest BCUT2D eigenvalue weighted by molar-refractivity contribution is 0.0254. The van der Waals surface area contributed by atoms with Crippen molar-refractivity contribution < 1.29 is 14.3 Å². The number of hydrogen-bond donors (Lipinski definition) is 1. The lowest BCUT2D eigenvalue weighted by Crippen LogP contribution is -2.43. The average Bonchev–Trinajstić information content (AvgIpc) is 3.64. The summed E-state index contributed by atoms with van der Waals surface area (Å²) in [6, 6.07) is 10.4. The maximum absolute atomic E-state index is 12.7. The van der Waals surface area contributed by atoms with E-state index in [1.807, 2.05) is 40.4 Å². The van der Waals surface area contributed by atoms with Gasteiger partial charge in [-0.05, 0) is 54.2 Å². The molecular formula is C29H31N5O3. The Bertz CT molecular complexity index is 1380. The number of aromatic nitrogens is 2. The van der Waals surface area contributed by atoms with Gasteiger partial charge in [0.1, 0.15) is 23.6 Å². The van der Waals surface area contributed by atoms with Gasteiger partial charge in [-0.15, -0.1) is 0 Å². The van der Waals surface area contributed by atoms with E-state index in [2.05, 4.69) is 28.2 Å². The lowest BCUT2D eigenvalue weighted by atomic mass is 9.98. The number of hydrogen-bond acceptors (Lipinski definition) is 5. The molecule has 1 aromatic carbocycles. The molecule has 3 aliphatic heterocycles. The molecule has 37 heavy (non-hydrogen) atoms. The van der Waals surface area contributed by atoms with Gasteiger partial charge in [-0.3, -0.25) is 0 Å². The van der Waals surface area contributed by atoms with Crippen LogP contribution in [0.15, 0.2) is 42.7 Å². The molecule has 5 heterocycles. The fourth-order valence-corrected chi connectivity index (χ4v) is 5.49. The monoisotopic (exact) mass is 497 g/mol. The number of aromatic amines is 1. The zero-order valence-corrected chi connectivity index (χ0v) is 20.9. The average molecular weight is 498 g/mol. The van der Waals surface area contributed by atoms with Crippen LogP contribution in [0.1, 0.15) is 43.2 Å². The standard InChI is InChI=1S/C29H31N5O3/c30-17-22-15-21(3-4-27(22)37-24-7-13-36-14-8-24)26-19-32-28-25(26)16-23(18-31-28)20-5-11-34(12-6-20)29(35)33-9-1-2-10-33/h3-5,15-16,18-19,24H,1-2,6-14H2,(H,31,32). The van der Waals surface area contributed by atoms with Crippen molar-refractivity contribution >= 4 is 22.6 Å². The zero-order valence-electron chi connectivity index (χ0n) is 20.9. The van der Waals surface area contributed by atoms with Crippen molar-refractivity contribution in [3.8, 4) is 22.9 Å². The number of carbonyl (C=O) groups excluding carboxylic acids is 1. The molecule has 0 atom stereocenters. The minimum absolute atomic E-state index is 0.0804. The van der Waals surface area contributed by atoms with Crippen LogP contribution in [-0.4, -0.2) is 71.3 Å². The first-order chi connectivity index (χ1) is 18.2. The third-order valence-electron chi connectivity index (χ3n) is 7.63. The molecule has 0 spiro atoms. The number of likely N-dealkylation sites (tertiary alicyclic amines) is 1. The van der Waals surface area contributed by atoms with Crippen molar-refractivity contribution in [1.29, 1.82) is 5.26 Å². The Kier molecular flexibility index (Phi) is 6.54. The number of benzene rings is 1. The number of urea groups is 1. The summed E-state index contributed by atoms with van der Waals surface area (Å²) in [4.78, 5) is 24.6. The van der Waals surface area contributed by atoms with Crippen molar-refractivity contribution in [3.63, 3.8) is 0 Å². The van der Waals surface area contributed by atoms with E-state index in [1.165, 1.54) is 5.57 Å². The molecule has 190 valence electrons. The number of nitrogens with one attached hydrogen (secondary N) is 1. The predicted molar refractivity (Wildman–Crippen MR) is 141 cm³/mol. The van der Waals surface area contributed by atoms with Crippen molar-refractivity contribution in [3.05, 3.63) is 53.9 Å². The van der Waals surface area contributed by atoms with Gasteiger partial charge >= 0.3 is 6.03 Å². The second-order valence-corrected chi connectivity index (χ2v) is 9.98. The Morgan fingerprint density at radius 2 is 1.95 bits per heavy atom. The number of amides is 2. The summed E-state index contributed by atoms with van der Waals surface area (Å²) in [7, 11) is 0. The third kappa shape index (κ3) is 4.79. The molecule has 0 bridgehead atoms. The Morgan fingerprint density at radius 1 is 1.11 bits per heavy atom. The summed E-state index contributed by atoms with van der Waals surface area (Å²) in [5.41, 5.74) is 5.57. The topological polar surface area (TPSA) is 94.5 Å². The van der Waals surface area contributed by atoms with Gasteiger partial charge in [-0.1, -0.05) is 12.1 Å². The molecule has 0 saturated carbocycles. The Morgan fingerprint density at radius 3 is 2.70 bits per heavy atom. The Hall–Kier alpha value is -3.83. The Balaban J connectivity index is 1.23. The van der Waals surface area contributed by atoms with E-state index in [0.717, 1.165) is 79.5 Å². The summed E-state index contributed by atoms with van der Waals surface area (Å²) in [5, 5.41) is 10.8. The van der Waals surface area contributed by atoms with Gasteiger partial charge in [0.2, 0.25) is 0 Å². The molecule has 0 unspecified atom stereocenters. The number of ether oxygens (including phenoxy) is 2. The quantitative estimate of drug-likeness (QED) is 0.550. The molecule has 2 amide bonds. The summed E-state index contributed by atoms with van der Waals surface area (Å²) >= 11 is 0. The number of carbonyl (C=O) groups is 1. The highest BCUT2D eigenvalue weighted by molar-refractivity contribution is 5.95. The van der Waals surface area contributed by atoms with Gasteiger partial charge in [0.15, 0.2) is 0 Å². The third-order valence-corrected chi connectivity index (χ3v) is 7.63. The molecule has 2 saturated heterocycles. The van der Waals surface area contributed by atoms with Crippen LogP contribution in [0.3, 0.4) is 0 Å². The molecule has 2 fully saturated rings. The zero-order chi connectivity index (χ0) is 25.2. The molecule has 0 aliphatic carbocycles. The van der Waals surface area contributed by atoms with E-state index in [-0.39, 0.29) is 12.1 Å². The second-order valence-electron chi connectivity index (χ2n) is 9.98. The van der Waals surface area contributed by atoms with Crippen LogP contribution < -0.4 is 4.74 Å². The highest BCUT2D eigenvalue weighted by atomic mass is 16.5. The fraction of sp³-hybridized carbons (Fsp3) is 0.414. The van der Waals surface area contributed by atoms with E-state index < -0.39 is 0 Å². The maximum Gasteiger partial charge on any atom is 0.320 e. The second kappa shape index (κ2) is 10.3. The first-order valence-electron chi connectivity index (χ1n) is 13.2. The molecule has 3 aliphatic rings. The van der Waals surface area contributed by atoms with E-state index in [4.69, 9.17) is 9.47 Å². The first-order valence-corrected chi connectivity index (χ1v) is 13.2. The van der Waals surface area contributed by atoms with Gasteiger partial charge in [0.05, 0.1) is 18.8 Å². The summed E-state index contributed by atoms with van der Waals surface area (Å²) < 4.78 is 11.5. The van der Waals surface area contributed by atoms with Crippen LogP contribution in [0.5, 0.6) is 5.75 Å². The molecule has 3 aromatic rings. The SMILES string of the molecule is N#Cc1cc(-c2c[nH]c3ncc(C4=CCN(C(=O)N5CCCC5)CC4)cc23)ccc1OC1CCOCC1. The minimum Gasteiger partial charge on any atom is -0.489 e. The molecular weight excluding hydrogens is 466 g/mol. The van der Waals surface area contributed by atoms with E-state index in [1.54, 1.807) is 0 Å². The van der Waals surface area contributed by atoms with Crippen molar-refractivity contribution in [2.24, 2.45) is 0 Å². The molecule has 6 rings (SSSR count). The number of nitrogens with zero attached hydrogens (tertiary/aromatic N) is 4. The largest absolute Gasteiger partial charge is 0.489 e. The van der Waals surface area contributed by atoms with Gasteiger partial charge < -0.3 is 24.3 Å². The normalized spacial score (nSPS) is 18.6. The van der Waals surface area contributed by atoms with Gasteiger partial charge in [0.25, 0.3) is 0 Å². The molecule has 8 nitrogen and oxygen atoms in total. The number of fused-ring (bicyclic) bond motifs is 1. The molecule has 1 N–H and O–H groups in total. The number of H-pyrrole nitrogens is 1. The van der Waals surface area contributed by atoms with Crippen LogP contribution in [-0.2, 0) is 4.74 Å². The number of rotatable bonds is 4. The van der Waals surface area contributed by atoms with Gasteiger partial charge in [0, 0.05) is 62.4 Å². The van der Waals surface area contributed by atoms with Gasteiger partial charge in [-0.2, -0.15) is 5.26 Å². The van der Waals surface area contributed by atoms with E-state index in [9.17, 15) is 10.1 Å². The highest BCUT2D eigenvalue weighted by Crippen LogP contribution is 2.34. The van der Waals surface area contributed by atoms with Crippen molar-refractivity contribution in [1.82, 2.24) is 19.8 Å². The smallest absolute Gasteiger partial charge is 0.320 e. The first kappa shape index (κ1) is 23.6. The maximum atomic E-state index is 12.7. The lowest BCUT2D eigenvalue weighted by Gasteiger charge is -2.30. The summed E-state index contributed by atoms with van der Waals surface area (Å²) in [6.45, 7) is 4.48. The highest BCUT2D eigenvalue weighted by Gasteiger charge is 2.25.